The summed E-state index contributed by atoms with van der Waals surface area (Å²) in [5.74, 6) is -2.73. The number of aliphatic carboxylic acids is 2. The maximum absolute atomic E-state index is 12.5. The molecular formula is C103H110BCl4IN8O18S2Si3. The predicted molar refractivity (Wildman–Crippen MR) is 576 cm³/mol. The molecule has 0 spiro atoms. The molecule has 0 saturated carbocycles. The van der Waals surface area contributed by atoms with Crippen LogP contribution in [0.3, 0.4) is 0 Å². The molecule has 4 heterocycles. The molecule has 16 rings (SSSR count). The van der Waals surface area contributed by atoms with Crippen molar-refractivity contribution in [1.29, 1.82) is 0 Å². The lowest BCUT2D eigenvalue weighted by Crippen LogP contribution is -2.29. The maximum atomic E-state index is 12.5. The van der Waals surface area contributed by atoms with Crippen LogP contribution in [0.1, 0.15) is 0 Å². The summed E-state index contributed by atoms with van der Waals surface area (Å²) in [4.78, 5) is 51.9. The van der Waals surface area contributed by atoms with Crippen LogP contribution in [0.4, 0.5) is 0 Å². The van der Waals surface area contributed by atoms with Crippen molar-refractivity contribution in [2.75, 3.05) is 59.3 Å². The van der Waals surface area contributed by atoms with E-state index >= 15 is 0 Å². The molecule has 0 aliphatic rings. The van der Waals surface area contributed by atoms with Crippen LogP contribution in [0.5, 0.6) is 12.0 Å². The Bertz CT molecular complexity index is 7150. The summed E-state index contributed by atoms with van der Waals surface area (Å²) in [6, 6.07) is 90.0. The van der Waals surface area contributed by atoms with E-state index in [1.54, 1.807) is 50.1 Å². The van der Waals surface area contributed by atoms with Gasteiger partial charge < -0.3 is 58.8 Å². The van der Waals surface area contributed by atoms with Gasteiger partial charge in [-0.25, -0.2) is 41.2 Å². The number of carboxylic acid groups (broad SMARTS) is 2. The number of hydrogen-bond donors (Lipinski definition) is 6. The number of rotatable bonds is 32. The third kappa shape index (κ3) is 31.9. The Morgan fingerprint density at radius 3 is 1.04 bits per heavy atom. The van der Waals surface area contributed by atoms with Crippen LogP contribution in [-0.2, 0) is 73.2 Å². The second-order valence-electron chi connectivity index (χ2n) is 36.1. The van der Waals surface area contributed by atoms with Crippen LogP contribution in [0.2, 0.25) is 97.1 Å². The number of hydrogen-bond acceptors (Lipinski definition) is 20. The predicted octanol–water partition coefficient (Wildman–Crippen LogP) is 22.7. The number of nitrogens with zero attached hydrogens (tertiary/aromatic N) is 7. The number of aromatic nitrogens is 8. The van der Waals surface area contributed by atoms with Gasteiger partial charge >= 0.3 is 25.0 Å². The van der Waals surface area contributed by atoms with E-state index in [0.29, 0.717) is 84.0 Å². The molecule has 16 aromatic rings. The van der Waals surface area contributed by atoms with Crippen LogP contribution in [0.15, 0.2) is 277 Å². The molecule has 0 aliphatic carbocycles. The van der Waals surface area contributed by atoms with Crippen molar-refractivity contribution in [2.24, 2.45) is 0 Å². The monoisotopic (exact) mass is 2170 g/mol. The summed E-state index contributed by atoms with van der Waals surface area (Å²) in [5.41, 5.74) is 20.1. The van der Waals surface area contributed by atoms with E-state index in [0.717, 1.165) is 118 Å². The van der Waals surface area contributed by atoms with E-state index in [2.05, 4.69) is 184 Å². The molecule has 26 nitrogen and oxygen atoms in total. The average molecular weight is 2180 g/mol. The first-order valence-corrected chi connectivity index (χ1v) is 61.8. The van der Waals surface area contributed by atoms with Crippen LogP contribution in [0.25, 0.3) is 122 Å². The fourth-order valence-electron chi connectivity index (χ4n) is 14.0. The van der Waals surface area contributed by atoms with Crippen LogP contribution in [-0.4, -0.2) is 189 Å². The first-order valence-electron chi connectivity index (χ1n) is 44.3. The summed E-state index contributed by atoms with van der Waals surface area (Å²) in [7, 11) is -10.9. The molecule has 0 atom stereocenters. The summed E-state index contributed by atoms with van der Waals surface area (Å²) >= 11 is 28.1. The fraction of sp³-hybridized carbons (Fsp3) is 0.233. The van der Waals surface area contributed by atoms with E-state index in [-0.39, 0.29) is 42.5 Å². The van der Waals surface area contributed by atoms with E-state index in [1.807, 2.05) is 158 Å². The Balaban J connectivity index is 0.000000168. The number of benzene rings is 12. The van der Waals surface area contributed by atoms with Crippen molar-refractivity contribution in [3.63, 3.8) is 0 Å². The molecule has 0 radical (unpaired) electrons. The first-order chi connectivity index (χ1) is 66.4. The van der Waals surface area contributed by atoms with Crippen molar-refractivity contribution < 1.29 is 85.0 Å². The molecule has 732 valence electrons. The number of carbonyl (C=O) groups is 3. The molecule has 0 fully saturated rings. The van der Waals surface area contributed by atoms with E-state index in [1.165, 1.54) is 7.11 Å². The van der Waals surface area contributed by atoms with E-state index in [9.17, 15) is 31.2 Å². The van der Waals surface area contributed by atoms with Crippen LogP contribution >= 0.6 is 69.0 Å². The van der Waals surface area contributed by atoms with Gasteiger partial charge in [0.05, 0.1) is 71.3 Å². The Kier molecular flexibility index (Phi) is 39.0. The Labute approximate surface area is 851 Å². The molecule has 12 aromatic carbocycles. The van der Waals surface area contributed by atoms with Gasteiger partial charge in [-0.05, 0) is 156 Å². The normalized spacial score (nSPS) is 11.5. The SMILES string of the molecule is COC(=O)CO.C[Si](C)(C)CCOCn1c(OCC(=O)O)nc2cc(-c3ccc(-c4ccccc4)cc3)c(Cl)cc21.C[Si](C)(C)CCOCn1c(S(C)(=O)=O)nc2cc(-c3ccc(-c4ccccc4)cc3)c(Cl)cc21.C[Si](C)(C)CCOCn1c(S(C)(=O)=O)nc2cc(I)c(Cl)cc21.O=C(O)COc1nc2cc(-c3ccc(-c4ccccc4)cc3)c(Cl)cc2[nH]1.OB(O)c1ccc(-c2ccccc2)cc1. The first kappa shape index (κ1) is 109. The van der Waals surface area contributed by atoms with Gasteiger partial charge in [0.2, 0.25) is 30.0 Å². The number of methoxy groups -OCH3 is 1. The minimum atomic E-state index is -3.55. The van der Waals surface area contributed by atoms with Crippen LogP contribution < -0.4 is 14.9 Å². The molecule has 0 amide bonds. The van der Waals surface area contributed by atoms with Gasteiger partial charge in [0.25, 0.3) is 12.0 Å². The zero-order valence-corrected chi connectivity index (χ0v) is 89.2. The average Bonchev–Trinajstić information content (AvgIpc) is 1.63. The number of carbonyl (C=O) groups excluding carboxylic acids is 1. The fourth-order valence-corrected chi connectivity index (χ4v) is 19.3. The molecule has 4 aromatic heterocycles. The number of fused-ring (bicyclic) bond motifs is 4. The molecule has 0 saturated heterocycles. The minimum Gasteiger partial charge on any atom is -0.479 e. The molecule has 37 heteroatoms. The summed E-state index contributed by atoms with van der Waals surface area (Å²) in [6.07, 6.45) is 2.32. The number of H-pyrrole nitrogens is 1. The minimum absolute atomic E-state index is 0.0110. The molecule has 140 heavy (non-hydrogen) atoms. The maximum Gasteiger partial charge on any atom is 0.488 e. The quantitative estimate of drug-likeness (QED) is 0.00987. The van der Waals surface area contributed by atoms with Crippen molar-refractivity contribution >= 4 is 188 Å². The lowest BCUT2D eigenvalue weighted by atomic mass is 9.80. The summed E-state index contributed by atoms with van der Waals surface area (Å²) in [6.45, 7) is 21.3. The van der Waals surface area contributed by atoms with Gasteiger partial charge in [0.1, 0.15) is 26.8 Å². The Morgan fingerprint density at radius 2 is 0.707 bits per heavy atom. The van der Waals surface area contributed by atoms with Gasteiger partial charge in [0, 0.05) is 76.8 Å². The number of aliphatic hydroxyl groups is 1. The highest BCUT2D eigenvalue weighted by molar-refractivity contribution is 14.1. The van der Waals surface area contributed by atoms with Crippen molar-refractivity contribution in [1.82, 2.24) is 38.6 Å². The number of imidazole rings is 4. The molecule has 6 N–H and O–H groups in total. The third-order valence-corrected chi connectivity index (χ3v) is 31.0. The number of ether oxygens (including phenoxy) is 6. The molecule has 0 aliphatic heterocycles. The van der Waals surface area contributed by atoms with Gasteiger partial charge in [-0.3, -0.25) is 13.7 Å². The van der Waals surface area contributed by atoms with Gasteiger partial charge in [-0.15, -0.1) is 0 Å². The highest BCUT2D eigenvalue weighted by Crippen LogP contribution is 2.40. The number of aromatic amines is 1. The van der Waals surface area contributed by atoms with E-state index in [4.69, 9.17) is 95.5 Å². The largest absolute Gasteiger partial charge is 0.488 e. The molecule has 0 unspecified atom stereocenters. The smallest absolute Gasteiger partial charge is 0.479 e. The summed E-state index contributed by atoms with van der Waals surface area (Å²) < 4.78 is 86.8. The number of esters is 1. The number of aliphatic hydroxyl groups excluding tert-OH is 1. The lowest BCUT2D eigenvalue weighted by Gasteiger charge is -2.16. The Hall–Kier alpha value is -11.2. The molecule has 0 bridgehead atoms. The lowest BCUT2D eigenvalue weighted by molar-refractivity contribution is -0.144. The summed E-state index contributed by atoms with van der Waals surface area (Å²) in [5, 5.41) is 45.8. The highest BCUT2D eigenvalue weighted by atomic mass is 127. The van der Waals surface area contributed by atoms with Gasteiger partial charge in [-0.1, -0.05) is 324 Å². The third-order valence-electron chi connectivity index (χ3n) is 21.5. The standard InChI is InChI=1S/C27H29ClN2O4Si.C26H29ClN2O3SSi.C21H15ClN2O3.C14H20ClIN2O3SSi.C12H11BO2.C3H6O3/c1-35(2,3)14-13-33-18-30-25-16-23(28)22(15-24(25)29-27(30)34-17-26(31)32)21-11-9-20(10-12-21)19-7-5-4-6-8-19;1-33(30,31)26-28-24-16-22(21-12-10-20(11-13-21)19-8-6-5-7-9-19)23(27)17-25(24)29(26)18-32-14-15-34(2,3)4;22-17-11-19-18(23-21(24-19)27-12-20(25)26)10-16(17)15-8-6-14(7-9-15)13-4-2-1-3-5-13;1-22(19,20)14-17-12-8-11(16)10(15)7-13(12)18(14)9-21-5-6-23(2,3)4;14-13(15)12-8-6-11(7-9-12)10-4-2-1-3-5-10;1-6-3(5)2-4/h4-12,15-16H,13-14,17-18H2,1-3H3,(H,31,32);5-13,16-17H,14-15,18H2,1-4H3;1-11H,12H2,(H,23,24)(H,25,26);7-8H,5-6,9H2,1-4H3;1-9,14-15H;4H,2H2,1H3. The topological polar surface area (TPSA) is 358 Å². The van der Waals surface area contributed by atoms with E-state index < -0.39 is 88.7 Å². The molecular weight excluding hydrogens is 2070 g/mol. The second-order valence-corrected chi connectivity index (χ2v) is 59.6. The number of halogens is 5. The number of carboxylic acids is 2. The zero-order chi connectivity index (χ0) is 101. The highest BCUT2D eigenvalue weighted by Gasteiger charge is 2.26. The van der Waals surface area contributed by atoms with Gasteiger partial charge in [-0.2, -0.15) is 9.97 Å². The Morgan fingerprint density at radius 1 is 0.400 bits per heavy atom. The van der Waals surface area contributed by atoms with Crippen molar-refractivity contribution in [3.05, 3.63) is 291 Å². The van der Waals surface area contributed by atoms with Crippen molar-refractivity contribution in [3.8, 4) is 89.9 Å². The van der Waals surface area contributed by atoms with Gasteiger partial charge in [0.15, 0.2) is 13.2 Å². The zero-order valence-electron chi connectivity index (χ0n) is 79.3. The number of nitrogens with one attached hydrogen (secondary N) is 1. The van der Waals surface area contributed by atoms with Crippen LogP contribution in [0, 0.1) is 3.57 Å². The number of sulfone groups is 2. The van der Waals surface area contributed by atoms with Crippen molar-refractivity contribution in [2.45, 2.75) is 108 Å². The second kappa shape index (κ2) is 50.0.